The number of para-hydroxylation sites is 1. The average molecular weight is 373 g/mol. The van der Waals surface area contributed by atoms with E-state index in [0.717, 1.165) is 5.69 Å². The third-order valence-corrected chi connectivity index (χ3v) is 4.77. The van der Waals surface area contributed by atoms with Gasteiger partial charge in [-0.15, -0.1) is 0 Å². The Bertz CT molecular complexity index is 1260. The van der Waals surface area contributed by atoms with Crippen LogP contribution in [0.4, 0.5) is 5.69 Å². The van der Waals surface area contributed by atoms with E-state index in [1.54, 1.807) is 41.1 Å². The maximum Gasteiger partial charge on any atom is 0.279 e. The van der Waals surface area contributed by atoms with Gasteiger partial charge >= 0.3 is 0 Å². The first-order chi connectivity index (χ1) is 13.5. The number of carbonyl (C=O) groups is 1. The number of rotatable bonds is 3. The van der Waals surface area contributed by atoms with E-state index in [1.807, 2.05) is 39.1 Å². The minimum absolute atomic E-state index is 0.182. The predicted molar refractivity (Wildman–Crippen MR) is 108 cm³/mol. The van der Waals surface area contributed by atoms with Gasteiger partial charge in [0.15, 0.2) is 5.69 Å². The third kappa shape index (κ3) is 2.87. The molecule has 2 aromatic carbocycles. The van der Waals surface area contributed by atoms with Crippen LogP contribution in [0.25, 0.3) is 16.5 Å². The molecular weight excluding hydrogens is 354 g/mol. The summed E-state index contributed by atoms with van der Waals surface area (Å²) in [5.41, 5.74) is 2.71. The number of fused-ring (bicyclic) bond motifs is 1. The Morgan fingerprint density at radius 3 is 2.21 bits per heavy atom. The molecule has 0 aliphatic heterocycles. The van der Waals surface area contributed by atoms with Gasteiger partial charge in [0.2, 0.25) is 0 Å². The second-order valence-electron chi connectivity index (χ2n) is 6.57. The van der Waals surface area contributed by atoms with Crippen LogP contribution in [-0.2, 0) is 7.05 Å². The van der Waals surface area contributed by atoms with E-state index in [9.17, 15) is 9.59 Å². The van der Waals surface area contributed by atoms with Crippen LogP contribution in [0.1, 0.15) is 21.9 Å². The van der Waals surface area contributed by atoms with Crippen molar-refractivity contribution in [1.82, 2.24) is 19.6 Å². The fourth-order valence-corrected chi connectivity index (χ4v) is 3.23. The van der Waals surface area contributed by atoms with Gasteiger partial charge in [-0.2, -0.15) is 14.9 Å². The third-order valence-electron chi connectivity index (χ3n) is 4.77. The quantitative estimate of drug-likeness (QED) is 0.599. The summed E-state index contributed by atoms with van der Waals surface area (Å²) in [6, 6.07) is 16.1. The van der Waals surface area contributed by atoms with Crippen molar-refractivity contribution in [3.63, 3.8) is 0 Å². The molecule has 2 aromatic heterocycles. The molecule has 7 heteroatoms. The first-order valence-electron chi connectivity index (χ1n) is 8.86. The first-order valence-corrected chi connectivity index (χ1v) is 8.86. The maximum atomic E-state index is 13.1. The summed E-state index contributed by atoms with van der Waals surface area (Å²) in [6.07, 6.45) is 0. The maximum absolute atomic E-state index is 13.1. The fraction of sp³-hybridized carbons (Fsp3) is 0.143. The number of benzene rings is 2. The molecule has 0 radical (unpaired) electrons. The summed E-state index contributed by atoms with van der Waals surface area (Å²) in [6.45, 7) is 3.71. The summed E-state index contributed by atoms with van der Waals surface area (Å²) in [5, 5.41) is 12.6. The van der Waals surface area contributed by atoms with Gasteiger partial charge in [-0.05, 0) is 32.0 Å². The van der Waals surface area contributed by atoms with Crippen LogP contribution in [0.2, 0.25) is 0 Å². The van der Waals surface area contributed by atoms with Crippen LogP contribution >= 0.6 is 0 Å². The lowest BCUT2D eigenvalue weighted by atomic mass is 10.1. The van der Waals surface area contributed by atoms with Crippen LogP contribution in [0.5, 0.6) is 0 Å². The summed E-state index contributed by atoms with van der Waals surface area (Å²) in [7, 11) is 1.82. The minimum atomic E-state index is -0.389. The molecule has 1 amide bonds. The minimum Gasteiger partial charge on any atom is -0.317 e. The van der Waals surface area contributed by atoms with Crippen molar-refractivity contribution in [2.45, 2.75) is 13.8 Å². The number of hydrogen-bond donors (Lipinski definition) is 1. The molecule has 1 N–H and O–H groups in total. The van der Waals surface area contributed by atoms with E-state index >= 15 is 0 Å². The second kappa shape index (κ2) is 6.77. The number of nitrogens with zero attached hydrogens (tertiary/aromatic N) is 4. The zero-order valence-electron chi connectivity index (χ0n) is 15.8. The first kappa shape index (κ1) is 17.7. The van der Waals surface area contributed by atoms with Gasteiger partial charge in [0.05, 0.1) is 28.1 Å². The molecule has 0 fully saturated rings. The van der Waals surface area contributed by atoms with Crippen molar-refractivity contribution in [2.75, 3.05) is 5.32 Å². The van der Waals surface area contributed by atoms with E-state index in [0.29, 0.717) is 27.8 Å². The summed E-state index contributed by atoms with van der Waals surface area (Å²) >= 11 is 0. The zero-order valence-corrected chi connectivity index (χ0v) is 15.8. The van der Waals surface area contributed by atoms with E-state index in [1.165, 1.54) is 4.68 Å². The zero-order chi connectivity index (χ0) is 19.8. The largest absolute Gasteiger partial charge is 0.317 e. The highest BCUT2D eigenvalue weighted by Crippen LogP contribution is 2.21. The molecule has 0 aliphatic carbocycles. The molecule has 2 heterocycles. The van der Waals surface area contributed by atoms with Gasteiger partial charge in [0.1, 0.15) is 0 Å². The van der Waals surface area contributed by atoms with Gasteiger partial charge in [-0.1, -0.05) is 36.4 Å². The molecular formula is C21H19N5O2. The van der Waals surface area contributed by atoms with Crippen LogP contribution in [0.15, 0.2) is 59.4 Å². The Hall–Kier alpha value is -3.74. The monoisotopic (exact) mass is 373 g/mol. The van der Waals surface area contributed by atoms with Crippen LogP contribution < -0.4 is 10.9 Å². The lowest BCUT2D eigenvalue weighted by molar-refractivity contribution is 0.102. The summed E-state index contributed by atoms with van der Waals surface area (Å²) in [5.74, 6) is -0.389. The van der Waals surface area contributed by atoms with Crippen molar-refractivity contribution in [2.24, 2.45) is 7.05 Å². The SMILES string of the molecule is Cc1nn(C)c(C)c1NC(=O)c1nn(-c2ccccc2)c(=O)c2ccccc12. The molecule has 0 saturated heterocycles. The van der Waals surface area contributed by atoms with E-state index in [2.05, 4.69) is 15.5 Å². The second-order valence-corrected chi connectivity index (χ2v) is 6.57. The number of anilines is 1. The highest BCUT2D eigenvalue weighted by Gasteiger charge is 2.20. The molecule has 4 rings (SSSR count). The molecule has 140 valence electrons. The summed E-state index contributed by atoms with van der Waals surface area (Å²) in [4.78, 5) is 26.0. The molecule has 0 unspecified atom stereocenters. The Labute approximate surface area is 161 Å². The standard InChI is InChI=1S/C21H19N5O2/c1-13-18(14(2)25(3)23-13)22-20(27)19-16-11-7-8-12-17(16)21(28)26(24-19)15-9-5-4-6-10-15/h4-12H,1-3H3,(H,22,27). The topological polar surface area (TPSA) is 81.8 Å². The molecule has 4 aromatic rings. The van der Waals surface area contributed by atoms with Crippen LogP contribution in [0.3, 0.4) is 0 Å². The molecule has 7 nitrogen and oxygen atoms in total. The Kier molecular flexibility index (Phi) is 4.27. The Balaban J connectivity index is 1.90. The van der Waals surface area contributed by atoms with Crippen molar-refractivity contribution < 1.29 is 4.79 Å². The number of carbonyl (C=O) groups excluding carboxylic acids is 1. The highest BCUT2D eigenvalue weighted by atomic mass is 16.2. The molecule has 28 heavy (non-hydrogen) atoms. The van der Waals surface area contributed by atoms with Gasteiger partial charge in [0.25, 0.3) is 11.5 Å². The van der Waals surface area contributed by atoms with Crippen LogP contribution in [0, 0.1) is 13.8 Å². The average Bonchev–Trinajstić information content (AvgIpc) is 2.95. The number of aryl methyl sites for hydroxylation is 2. The van der Waals surface area contributed by atoms with Gasteiger partial charge in [0, 0.05) is 12.4 Å². The van der Waals surface area contributed by atoms with Crippen molar-refractivity contribution in [3.8, 4) is 5.69 Å². The smallest absolute Gasteiger partial charge is 0.279 e. The van der Waals surface area contributed by atoms with Gasteiger partial charge in [-0.25, -0.2) is 0 Å². The van der Waals surface area contributed by atoms with E-state index in [4.69, 9.17) is 0 Å². The fourth-order valence-electron chi connectivity index (χ4n) is 3.23. The molecule has 0 saturated carbocycles. The van der Waals surface area contributed by atoms with E-state index in [-0.39, 0.29) is 17.2 Å². The van der Waals surface area contributed by atoms with Gasteiger partial charge < -0.3 is 5.32 Å². The number of aromatic nitrogens is 4. The molecule has 0 aliphatic rings. The number of hydrogen-bond acceptors (Lipinski definition) is 4. The lowest BCUT2D eigenvalue weighted by Crippen LogP contribution is -2.26. The number of amides is 1. The van der Waals surface area contributed by atoms with Gasteiger partial charge in [-0.3, -0.25) is 14.3 Å². The lowest BCUT2D eigenvalue weighted by Gasteiger charge is -2.11. The van der Waals surface area contributed by atoms with Crippen molar-refractivity contribution in [1.29, 1.82) is 0 Å². The van der Waals surface area contributed by atoms with Crippen molar-refractivity contribution >= 4 is 22.4 Å². The van der Waals surface area contributed by atoms with Crippen LogP contribution in [-0.4, -0.2) is 25.5 Å². The van der Waals surface area contributed by atoms with Crippen molar-refractivity contribution in [3.05, 3.63) is 82.0 Å². The molecule has 0 atom stereocenters. The Morgan fingerprint density at radius 1 is 0.929 bits per heavy atom. The Morgan fingerprint density at radius 2 is 1.57 bits per heavy atom. The van der Waals surface area contributed by atoms with E-state index < -0.39 is 0 Å². The molecule has 0 spiro atoms. The predicted octanol–water partition coefficient (Wildman–Crippen LogP) is 2.99. The summed E-state index contributed by atoms with van der Waals surface area (Å²) < 4.78 is 2.97. The highest BCUT2D eigenvalue weighted by molar-refractivity contribution is 6.11. The molecule has 0 bridgehead atoms. The number of nitrogens with one attached hydrogen (secondary N) is 1. The normalized spacial score (nSPS) is 11.0.